The first-order valence-corrected chi connectivity index (χ1v) is 10.1. The molecule has 0 bridgehead atoms. The number of para-hydroxylation sites is 1. The van der Waals surface area contributed by atoms with Gasteiger partial charge in [-0.25, -0.2) is 14.3 Å². The molecule has 0 unspecified atom stereocenters. The van der Waals surface area contributed by atoms with Gasteiger partial charge in [-0.2, -0.15) is 5.10 Å². The Morgan fingerprint density at radius 3 is 2.39 bits per heavy atom. The zero-order chi connectivity index (χ0) is 22.0. The third-order valence-corrected chi connectivity index (χ3v) is 5.37. The molecule has 1 aliphatic heterocycles. The molecule has 31 heavy (non-hydrogen) atoms. The zero-order valence-electron chi connectivity index (χ0n) is 17.7. The molecule has 3 aromatic rings. The monoisotopic (exact) mass is 416 g/mol. The summed E-state index contributed by atoms with van der Waals surface area (Å²) in [5, 5.41) is 7.76. The van der Waals surface area contributed by atoms with Crippen LogP contribution in [0.4, 0.5) is 4.79 Å². The maximum Gasteiger partial charge on any atom is 0.338 e. The lowest BCUT2D eigenvalue weighted by Gasteiger charge is -2.33. The molecule has 2 amide bonds. The lowest BCUT2D eigenvalue weighted by atomic mass is 9.93. The number of amides is 2. The van der Waals surface area contributed by atoms with Gasteiger partial charge in [-0.3, -0.25) is 0 Å². The highest BCUT2D eigenvalue weighted by molar-refractivity contribution is 5.95. The molecule has 0 fully saturated rings. The summed E-state index contributed by atoms with van der Waals surface area (Å²) in [6.07, 6.45) is 1.86. The van der Waals surface area contributed by atoms with E-state index in [0.29, 0.717) is 17.0 Å². The minimum Gasteiger partial charge on any atom is -0.463 e. The molecule has 7 nitrogen and oxygen atoms in total. The maximum atomic E-state index is 12.9. The SMILES string of the molecule is CCOC(=O)C1=C(C)N(C)C(=O)N[C@H]1c1cn(-c2ccccc2)nc1-c1ccccc1. The van der Waals surface area contributed by atoms with Crippen molar-refractivity contribution in [3.63, 3.8) is 0 Å². The molecule has 2 heterocycles. The average Bonchev–Trinajstić information content (AvgIpc) is 3.24. The molecule has 7 heteroatoms. The largest absolute Gasteiger partial charge is 0.463 e. The Bertz CT molecular complexity index is 1140. The summed E-state index contributed by atoms with van der Waals surface area (Å²) >= 11 is 0. The Labute approximate surface area is 180 Å². The van der Waals surface area contributed by atoms with Crippen molar-refractivity contribution < 1.29 is 14.3 Å². The molecular weight excluding hydrogens is 392 g/mol. The number of benzene rings is 2. The second kappa shape index (κ2) is 8.47. The first-order valence-electron chi connectivity index (χ1n) is 10.1. The zero-order valence-corrected chi connectivity index (χ0v) is 17.7. The van der Waals surface area contributed by atoms with E-state index >= 15 is 0 Å². The van der Waals surface area contributed by atoms with Crippen molar-refractivity contribution in [3.05, 3.63) is 83.7 Å². The number of aromatic nitrogens is 2. The summed E-state index contributed by atoms with van der Waals surface area (Å²) in [4.78, 5) is 26.9. The Balaban J connectivity index is 1.91. The van der Waals surface area contributed by atoms with E-state index in [9.17, 15) is 9.59 Å². The highest BCUT2D eigenvalue weighted by atomic mass is 16.5. The standard InChI is InChI=1S/C24H24N4O3/c1-4-31-23(29)20-16(2)27(3)24(30)25-22(20)19-15-28(18-13-9-6-10-14-18)26-21(19)17-11-7-5-8-12-17/h5-15,22H,4H2,1-3H3,(H,25,30)/t22-/m0/s1. The topological polar surface area (TPSA) is 76.5 Å². The van der Waals surface area contributed by atoms with Gasteiger partial charge in [0, 0.05) is 30.1 Å². The number of carbonyl (C=O) groups excluding carboxylic acids is 2. The summed E-state index contributed by atoms with van der Waals surface area (Å²) < 4.78 is 7.09. The minimum atomic E-state index is -0.685. The molecule has 1 N–H and O–H groups in total. The van der Waals surface area contributed by atoms with Gasteiger partial charge in [0.1, 0.15) is 0 Å². The van der Waals surface area contributed by atoms with Crippen LogP contribution in [0.5, 0.6) is 0 Å². The van der Waals surface area contributed by atoms with Crippen molar-refractivity contribution in [2.75, 3.05) is 13.7 Å². The smallest absolute Gasteiger partial charge is 0.338 e. The van der Waals surface area contributed by atoms with E-state index in [-0.39, 0.29) is 12.6 Å². The minimum absolute atomic E-state index is 0.245. The third-order valence-electron chi connectivity index (χ3n) is 5.37. The molecule has 0 radical (unpaired) electrons. The van der Waals surface area contributed by atoms with E-state index in [1.54, 1.807) is 25.6 Å². The molecule has 158 valence electrons. The molecule has 1 aromatic heterocycles. The average molecular weight is 416 g/mol. The number of allylic oxidation sites excluding steroid dienone is 1. The molecule has 0 saturated carbocycles. The van der Waals surface area contributed by atoms with E-state index < -0.39 is 12.0 Å². The van der Waals surface area contributed by atoms with Crippen molar-refractivity contribution in [1.29, 1.82) is 0 Å². The number of carbonyl (C=O) groups is 2. The summed E-state index contributed by atoms with van der Waals surface area (Å²) in [5.74, 6) is -0.455. The Hall–Kier alpha value is -3.87. The Kier molecular flexibility index (Phi) is 5.58. The Morgan fingerprint density at radius 2 is 1.74 bits per heavy atom. The van der Waals surface area contributed by atoms with Gasteiger partial charge in [-0.05, 0) is 26.0 Å². The maximum absolute atomic E-state index is 12.9. The van der Waals surface area contributed by atoms with Gasteiger partial charge in [-0.1, -0.05) is 48.5 Å². The summed E-state index contributed by atoms with van der Waals surface area (Å²) in [6.45, 7) is 3.76. The molecule has 2 aromatic carbocycles. The fraction of sp³-hybridized carbons (Fsp3) is 0.208. The molecular formula is C24H24N4O3. The van der Waals surface area contributed by atoms with Gasteiger partial charge in [0.2, 0.25) is 0 Å². The van der Waals surface area contributed by atoms with Crippen molar-refractivity contribution >= 4 is 12.0 Å². The number of nitrogens with one attached hydrogen (secondary N) is 1. The van der Waals surface area contributed by atoms with E-state index in [1.165, 1.54) is 4.90 Å². The van der Waals surface area contributed by atoms with Gasteiger partial charge < -0.3 is 15.0 Å². The summed E-state index contributed by atoms with van der Waals surface area (Å²) in [7, 11) is 1.63. The third kappa shape index (κ3) is 3.82. The molecule has 0 saturated heterocycles. The quantitative estimate of drug-likeness (QED) is 0.636. The van der Waals surface area contributed by atoms with Crippen LogP contribution in [0.2, 0.25) is 0 Å². The van der Waals surface area contributed by atoms with Crippen LogP contribution in [0.1, 0.15) is 25.5 Å². The van der Waals surface area contributed by atoms with Crippen LogP contribution in [-0.4, -0.2) is 40.3 Å². The fourth-order valence-corrected chi connectivity index (χ4v) is 3.67. The number of urea groups is 1. The van der Waals surface area contributed by atoms with E-state index in [4.69, 9.17) is 9.84 Å². The van der Waals surface area contributed by atoms with Gasteiger partial charge in [0.15, 0.2) is 0 Å². The molecule has 0 spiro atoms. The van der Waals surface area contributed by atoms with Gasteiger partial charge in [-0.15, -0.1) is 0 Å². The predicted molar refractivity (Wildman–Crippen MR) is 117 cm³/mol. The number of ether oxygens (including phenoxy) is 1. The number of rotatable bonds is 5. The van der Waals surface area contributed by atoms with Crippen LogP contribution in [0.25, 0.3) is 16.9 Å². The van der Waals surface area contributed by atoms with E-state index in [1.807, 2.05) is 66.9 Å². The second-order valence-electron chi connectivity index (χ2n) is 7.24. The van der Waals surface area contributed by atoms with Crippen LogP contribution >= 0.6 is 0 Å². The molecule has 4 rings (SSSR count). The van der Waals surface area contributed by atoms with Crippen LogP contribution in [0.3, 0.4) is 0 Å². The molecule has 1 aliphatic rings. The lowest BCUT2D eigenvalue weighted by molar-refractivity contribution is -0.139. The second-order valence-corrected chi connectivity index (χ2v) is 7.24. The van der Waals surface area contributed by atoms with Crippen molar-refractivity contribution in [2.24, 2.45) is 0 Å². The number of esters is 1. The van der Waals surface area contributed by atoms with E-state index in [0.717, 1.165) is 16.8 Å². The van der Waals surface area contributed by atoms with Gasteiger partial charge in [0.05, 0.1) is 29.6 Å². The lowest BCUT2D eigenvalue weighted by Crippen LogP contribution is -2.46. The number of nitrogens with zero attached hydrogens (tertiary/aromatic N) is 3. The first-order chi connectivity index (χ1) is 15.0. The first kappa shape index (κ1) is 20.4. The predicted octanol–water partition coefficient (Wildman–Crippen LogP) is 4.07. The highest BCUT2D eigenvalue weighted by Crippen LogP contribution is 2.36. The van der Waals surface area contributed by atoms with Crippen molar-refractivity contribution in [2.45, 2.75) is 19.9 Å². The summed E-state index contributed by atoms with van der Waals surface area (Å²) in [5.41, 5.74) is 4.13. The normalized spacial score (nSPS) is 16.3. The number of hydrogen-bond donors (Lipinski definition) is 1. The van der Waals surface area contributed by atoms with Crippen LogP contribution in [-0.2, 0) is 9.53 Å². The Morgan fingerprint density at radius 1 is 1.10 bits per heavy atom. The van der Waals surface area contributed by atoms with E-state index in [2.05, 4.69) is 5.32 Å². The van der Waals surface area contributed by atoms with Gasteiger partial charge in [0.25, 0.3) is 0 Å². The molecule has 1 atom stereocenters. The number of hydrogen-bond acceptors (Lipinski definition) is 4. The van der Waals surface area contributed by atoms with Crippen LogP contribution in [0, 0.1) is 0 Å². The fourth-order valence-electron chi connectivity index (χ4n) is 3.67. The highest BCUT2D eigenvalue weighted by Gasteiger charge is 2.37. The summed E-state index contributed by atoms with van der Waals surface area (Å²) in [6, 6.07) is 18.4. The van der Waals surface area contributed by atoms with Crippen LogP contribution in [0.15, 0.2) is 78.1 Å². The van der Waals surface area contributed by atoms with Crippen molar-refractivity contribution in [1.82, 2.24) is 20.0 Å². The molecule has 0 aliphatic carbocycles. The van der Waals surface area contributed by atoms with Crippen molar-refractivity contribution in [3.8, 4) is 16.9 Å². The van der Waals surface area contributed by atoms with Gasteiger partial charge >= 0.3 is 12.0 Å². The van der Waals surface area contributed by atoms with Crippen LogP contribution < -0.4 is 5.32 Å².